The minimum Gasteiger partial charge on any atom is -0.875 e. The van der Waals surface area contributed by atoms with E-state index in [1.165, 1.54) is 11.1 Å². The standard InChI is InChI=1S/2C14H14O.Fe/c2*1-11-6-8-12(9-7-11)10-14(15)13-4-2-3-5-13;/h2*2-9,15H,10H2,1H3;/q;;+2/p-2. The summed E-state index contributed by atoms with van der Waals surface area (Å²) in [6.07, 6.45) is 16.0. The molecule has 0 radical (unpaired) electrons. The van der Waals surface area contributed by atoms with Gasteiger partial charge in [-0.15, -0.1) is 11.5 Å². The Hall–Kier alpha value is -3.00. The zero-order valence-corrected chi connectivity index (χ0v) is 18.9. The zero-order valence-electron chi connectivity index (χ0n) is 17.8. The number of aryl methyl sites for hydroxylation is 2. The van der Waals surface area contributed by atoms with E-state index in [-0.39, 0.29) is 28.6 Å². The van der Waals surface area contributed by atoms with E-state index < -0.39 is 0 Å². The molecular weight excluding hydrogens is 424 g/mol. The van der Waals surface area contributed by atoms with Crippen LogP contribution in [0.4, 0.5) is 0 Å². The van der Waals surface area contributed by atoms with Crippen LogP contribution in [0.1, 0.15) is 22.3 Å². The van der Waals surface area contributed by atoms with Crippen LogP contribution < -0.4 is 10.2 Å². The Morgan fingerprint density at radius 1 is 0.548 bits per heavy atom. The van der Waals surface area contributed by atoms with Crippen molar-refractivity contribution in [2.75, 3.05) is 0 Å². The first-order chi connectivity index (χ1) is 14.5. The molecule has 0 saturated carbocycles. The summed E-state index contributed by atoms with van der Waals surface area (Å²) in [5.74, 6) is 0.368. The van der Waals surface area contributed by atoms with Crippen molar-refractivity contribution in [3.05, 3.63) is 142 Å². The Labute approximate surface area is 195 Å². The van der Waals surface area contributed by atoms with Crippen molar-refractivity contribution in [3.63, 3.8) is 0 Å². The van der Waals surface area contributed by atoms with Gasteiger partial charge in [0.25, 0.3) is 0 Å². The van der Waals surface area contributed by atoms with E-state index in [1.54, 1.807) is 0 Å². The number of hydrogen-bond acceptors (Lipinski definition) is 2. The van der Waals surface area contributed by atoms with Crippen molar-refractivity contribution in [1.82, 2.24) is 0 Å². The second-order valence-corrected chi connectivity index (χ2v) is 7.52. The first kappa shape index (κ1) is 24.3. The van der Waals surface area contributed by atoms with Crippen molar-refractivity contribution < 1.29 is 27.3 Å². The van der Waals surface area contributed by atoms with Crippen LogP contribution in [0.25, 0.3) is 0 Å². The fraction of sp³-hybridized carbons (Fsp3) is 0.143. The summed E-state index contributed by atoms with van der Waals surface area (Å²) in [6.45, 7) is 4.09. The van der Waals surface area contributed by atoms with Gasteiger partial charge in [-0.05, 0) is 49.0 Å². The van der Waals surface area contributed by atoms with Gasteiger partial charge in [0, 0.05) is 0 Å². The molecule has 31 heavy (non-hydrogen) atoms. The molecule has 2 aliphatic carbocycles. The molecule has 0 atom stereocenters. The van der Waals surface area contributed by atoms with Gasteiger partial charge in [-0.25, -0.2) is 0 Å². The van der Waals surface area contributed by atoms with Gasteiger partial charge in [-0.3, -0.25) is 0 Å². The molecule has 0 saturated heterocycles. The molecule has 0 heterocycles. The summed E-state index contributed by atoms with van der Waals surface area (Å²) in [6, 6.07) is 16.2. The SMILES string of the molecule is Cc1ccc(CC([O-])=C2C=CC=C2)cc1.Cc1ccc(CC([O-])=C2C=CC=C2)cc1.[Fe+2]. The van der Waals surface area contributed by atoms with E-state index in [0.29, 0.717) is 12.8 Å². The van der Waals surface area contributed by atoms with E-state index in [4.69, 9.17) is 0 Å². The van der Waals surface area contributed by atoms with Crippen LogP contribution in [-0.4, -0.2) is 0 Å². The van der Waals surface area contributed by atoms with E-state index in [1.807, 2.05) is 111 Å². The van der Waals surface area contributed by atoms with Crippen LogP contribution in [0.2, 0.25) is 0 Å². The molecule has 4 rings (SSSR count). The Kier molecular flexibility index (Phi) is 9.39. The molecule has 0 N–H and O–H groups in total. The Morgan fingerprint density at radius 3 is 1.13 bits per heavy atom. The smallest absolute Gasteiger partial charge is 0.875 e. The third kappa shape index (κ3) is 7.64. The molecule has 158 valence electrons. The average Bonchev–Trinajstić information content (AvgIpc) is 3.46. The number of rotatable bonds is 4. The molecule has 2 aromatic rings. The van der Waals surface area contributed by atoms with E-state index in [9.17, 15) is 10.2 Å². The maximum absolute atomic E-state index is 11.8. The minimum atomic E-state index is 0. The van der Waals surface area contributed by atoms with Gasteiger partial charge in [0.1, 0.15) is 0 Å². The summed E-state index contributed by atoms with van der Waals surface area (Å²) >= 11 is 0. The third-order valence-corrected chi connectivity index (χ3v) is 4.94. The van der Waals surface area contributed by atoms with Gasteiger partial charge in [-0.1, -0.05) is 108 Å². The van der Waals surface area contributed by atoms with Crippen molar-refractivity contribution in [2.24, 2.45) is 0 Å². The normalized spacial score (nSPS) is 13.1. The third-order valence-electron chi connectivity index (χ3n) is 4.94. The molecule has 0 unspecified atom stereocenters. The van der Waals surface area contributed by atoms with E-state index in [2.05, 4.69) is 0 Å². The van der Waals surface area contributed by atoms with Crippen molar-refractivity contribution in [2.45, 2.75) is 26.7 Å². The van der Waals surface area contributed by atoms with Crippen molar-refractivity contribution in [1.29, 1.82) is 0 Å². The van der Waals surface area contributed by atoms with Gasteiger partial charge >= 0.3 is 17.1 Å². The van der Waals surface area contributed by atoms with Crippen LogP contribution in [0.3, 0.4) is 0 Å². The predicted octanol–water partition coefficient (Wildman–Crippen LogP) is 4.55. The van der Waals surface area contributed by atoms with Crippen LogP contribution >= 0.6 is 0 Å². The molecule has 0 fully saturated rings. The van der Waals surface area contributed by atoms with E-state index >= 15 is 0 Å². The summed E-state index contributed by atoms with van der Waals surface area (Å²) in [7, 11) is 0. The average molecular weight is 450 g/mol. The summed E-state index contributed by atoms with van der Waals surface area (Å²) in [5, 5.41) is 23.5. The summed E-state index contributed by atoms with van der Waals surface area (Å²) < 4.78 is 0. The molecule has 0 amide bonds. The first-order valence-electron chi connectivity index (χ1n) is 10.1. The molecule has 3 heteroatoms. The first-order valence-corrected chi connectivity index (χ1v) is 10.1. The van der Waals surface area contributed by atoms with Gasteiger partial charge in [-0.2, -0.15) is 0 Å². The fourth-order valence-electron chi connectivity index (χ4n) is 3.11. The maximum Gasteiger partial charge on any atom is 2.00 e. The van der Waals surface area contributed by atoms with Crippen LogP contribution in [-0.2, 0) is 29.9 Å². The van der Waals surface area contributed by atoms with Crippen molar-refractivity contribution in [3.8, 4) is 0 Å². The van der Waals surface area contributed by atoms with Crippen LogP contribution in [0, 0.1) is 13.8 Å². The Morgan fingerprint density at radius 2 is 0.839 bits per heavy atom. The zero-order chi connectivity index (χ0) is 21.3. The fourth-order valence-corrected chi connectivity index (χ4v) is 3.11. The molecule has 2 aromatic carbocycles. The molecule has 0 aromatic heterocycles. The second kappa shape index (κ2) is 12.0. The van der Waals surface area contributed by atoms with Gasteiger partial charge in [0.05, 0.1) is 0 Å². The van der Waals surface area contributed by atoms with Crippen LogP contribution in [0.5, 0.6) is 0 Å². The predicted molar refractivity (Wildman–Crippen MR) is 120 cm³/mol. The topological polar surface area (TPSA) is 46.1 Å². The van der Waals surface area contributed by atoms with E-state index in [0.717, 1.165) is 22.3 Å². The number of hydrogen-bond donors (Lipinski definition) is 0. The number of benzene rings is 2. The van der Waals surface area contributed by atoms with Gasteiger partial charge in [0.2, 0.25) is 0 Å². The van der Waals surface area contributed by atoms with Crippen LogP contribution in [0.15, 0.2) is 120 Å². The Bertz CT molecular complexity index is 932. The van der Waals surface area contributed by atoms with Crippen molar-refractivity contribution >= 4 is 0 Å². The molecule has 0 bridgehead atoms. The largest absolute Gasteiger partial charge is 2.00 e. The summed E-state index contributed by atoms with van der Waals surface area (Å²) in [4.78, 5) is 0. The molecule has 0 spiro atoms. The molecular formula is C28H26FeO2. The quantitative estimate of drug-likeness (QED) is 0.507. The Balaban J connectivity index is 0.000000213. The molecule has 0 aliphatic heterocycles. The monoisotopic (exact) mass is 450 g/mol. The minimum absolute atomic E-state index is 0. The second-order valence-electron chi connectivity index (χ2n) is 7.52. The van der Waals surface area contributed by atoms with Gasteiger partial charge < -0.3 is 10.2 Å². The molecule has 2 nitrogen and oxygen atoms in total. The summed E-state index contributed by atoms with van der Waals surface area (Å²) in [5.41, 5.74) is 6.20. The van der Waals surface area contributed by atoms with Gasteiger partial charge in [0.15, 0.2) is 0 Å². The maximum atomic E-state index is 11.8. The molecule has 2 aliphatic rings. The number of allylic oxidation sites excluding steroid dienone is 12.